The molecule has 92 valence electrons. The Morgan fingerprint density at radius 3 is 2.62 bits per heavy atom. The smallest absolute Gasteiger partial charge is 0.318 e. The second kappa shape index (κ2) is 5.81. The highest BCUT2D eigenvalue weighted by Crippen LogP contribution is 2.12. The van der Waals surface area contributed by atoms with Crippen molar-refractivity contribution in [1.29, 1.82) is 0 Å². The number of hydrogen-bond acceptors (Lipinski definition) is 6. The van der Waals surface area contributed by atoms with E-state index in [1.807, 2.05) is 14.0 Å². The van der Waals surface area contributed by atoms with Crippen LogP contribution in [0.4, 0.5) is 6.01 Å². The number of anilines is 1. The fourth-order valence-corrected chi connectivity index (χ4v) is 1.06. The van der Waals surface area contributed by atoms with E-state index in [0.717, 1.165) is 0 Å². The fourth-order valence-electron chi connectivity index (χ4n) is 1.06. The summed E-state index contributed by atoms with van der Waals surface area (Å²) in [5.74, 6) is 0.556. The van der Waals surface area contributed by atoms with E-state index < -0.39 is 0 Å². The molecule has 0 aromatic carbocycles. The summed E-state index contributed by atoms with van der Waals surface area (Å²) in [4.78, 5) is 1.76. The normalized spacial score (nSPS) is 13.1. The Balaban J connectivity index is 2.57. The van der Waals surface area contributed by atoms with Crippen LogP contribution in [0.3, 0.4) is 0 Å². The Morgan fingerprint density at radius 2 is 2.06 bits per heavy atom. The minimum atomic E-state index is -0.0358. The Bertz CT molecular complexity index is 314. The maximum absolute atomic E-state index is 9.01. The first-order valence-corrected chi connectivity index (χ1v) is 5.44. The minimum Gasteiger partial charge on any atom is -0.407 e. The summed E-state index contributed by atoms with van der Waals surface area (Å²) in [6.07, 6.45) is 0. The van der Waals surface area contributed by atoms with Crippen molar-refractivity contribution < 1.29 is 9.52 Å². The summed E-state index contributed by atoms with van der Waals surface area (Å²) >= 11 is 0. The zero-order valence-corrected chi connectivity index (χ0v) is 10.3. The molecule has 1 aromatic rings. The Labute approximate surface area is 95.7 Å². The lowest BCUT2D eigenvalue weighted by Gasteiger charge is -2.19. The first-order valence-electron chi connectivity index (χ1n) is 5.44. The van der Waals surface area contributed by atoms with Crippen molar-refractivity contribution in [2.75, 3.05) is 18.6 Å². The third-order valence-corrected chi connectivity index (χ3v) is 2.34. The van der Waals surface area contributed by atoms with Crippen molar-refractivity contribution in [3.05, 3.63) is 5.89 Å². The molecule has 0 fully saturated rings. The second-order valence-electron chi connectivity index (χ2n) is 4.16. The summed E-state index contributed by atoms with van der Waals surface area (Å²) in [6.45, 7) is 6.61. The number of rotatable bonds is 6. The highest BCUT2D eigenvalue weighted by atomic mass is 16.4. The number of aliphatic hydroxyl groups is 1. The molecule has 1 rings (SSSR count). The van der Waals surface area contributed by atoms with Crippen molar-refractivity contribution in [3.63, 3.8) is 0 Å². The lowest BCUT2D eigenvalue weighted by Crippen LogP contribution is -2.32. The molecule has 1 heterocycles. The summed E-state index contributed by atoms with van der Waals surface area (Å²) in [7, 11) is 1.81. The number of nitrogens with zero attached hydrogens (tertiary/aromatic N) is 3. The molecule has 0 aliphatic heterocycles. The van der Waals surface area contributed by atoms with Crippen LogP contribution in [0.15, 0.2) is 4.42 Å². The van der Waals surface area contributed by atoms with E-state index in [9.17, 15) is 0 Å². The summed E-state index contributed by atoms with van der Waals surface area (Å²) in [6, 6.07) is 0.776. The highest BCUT2D eigenvalue weighted by molar-refractivity contribution is 5.23. The molecule has 0 aliphatic carbocycles. The topological polar surface area (TPSA) is 74.4 Å². The van der Waals surface area contributed by atoms with Gasteiger partial charge in [-0.05, 0) is 6.92 Å². The standard InChI is InChI=1S/C10H20N4O2/c1-7(2)11-5-9-12-13-10(16-9)14(4)8(3)6-15/h7-8,11,15H,5-6H2,1-4H3. The number of likely N-dealkylation sites (N-methyl/N-ethyl adjacent to an activating group) is 1. The third kappa shape index (κ3) is 3.46. The van der Waals surface area contributed by atoms with E-state index in [1.165, 1.54) is 0 Å². The Hall–Kier alpha value is -1.14. The van der Waals surface area contributed by atoms with Gasteiger partial charge < -0.3 is 19.7 Å². The first-order chi connectivity index (χ1) is 7.54. The van der Waals surface area contributed by atoms with Crippen molar-refractivity contribution in [1.82, 2.24) is 15.5 Å². The van der Waals surface area contributed by atoms with E-state index in [2.05, 4.69) is 29.4 Å². The maximum Gasteiger partial charge on any atom is 0.318 e. The second-order valence-corrected chi connectivity index (χ2v) is 4.16. The van der Waals surface area contributed by atoms with Gasteiger partial charge in [0.25, 0.3) is 0 Å². The van der Waals surface area contributed by atoms with E-state index in [-0.39, 0.29) is 12.6 Å². The van der Waals surface area contributed by atoms with Gasteiger partial charge in [0, 0.05) is 13.1 Å². The van der Waals surface area contributed by atoms with Gasteiger partial charge in [0.05, 0.1) is 19.2 Å². The van der Waals surface area contributed by atoms with E-state index in [0.29, 0.717) is 24.5 Å². The molecule has 1 atom stereocenters. The monoisotopic (exact) mass is 228 g/mol. The highest BCUT2D eigenvalue weighted by Gasteiger charge is 2.15. The van der Waals surface area contributed by atoms with Crippen molar-refractivity contribution >= 4 is 6.01 Å². The molecular formula is C10H20N4O2. The molecule has 6 heteroatoms. The van der Waals surface area contributed by atoms with Crippen LogP contribution >= 0.6 is 0 Å². The zero-order chi connectivity index (χ0) is 12.1. The molecule has 2 N–H and O–H groups in total. The van der Waals surface area contributed by atoms with Crippen LogP contribution in [-0.2, 0) is 6.54 Å². The van der Waals surface area contributed by atoms with Crippen LogP contribution < -0.4 is 10.2 Å². The molecule has 0 spiro atoms. The van der Waals surface area contributed by atoms with Gasteiger partial charge in [0.1, 0.15) is 0 Å². The molecule has 0 radical (unpaired) electrons. The van der Waals surface area contributed by atoms with Gasteiger partial charge in [0.2, 0.25) is 5.89 Å². The van der Waals surface area contributed by atoms with Crippen molar-refractivity contribution in [2.24, 2.45) is 0 Å². The zero-order valence-electron chi connectivity index (χ0n) is 10.3. The average molecular weight is 228 g/mol. The predicted octanol–water partition coefficient (Wildman–Crippen LogP) is 0.385. The lowest BCUT2D eigenvalue weighted by atomic mass is 10.3. The largest absolute Gasteiger partial charge is 0.407 e. The predicted molar refractivity (Wildman–Crippen MR) is 61.2 cm³/mol. The van der Waals surface area contributed by atoms with Crippen LogP contribution in [-0.4, -0.2) is 41.0 Å². The van der Waals surface area contributed by atoms with Gasteiger partial charge >= 0.3 is 6.01 Å². The van der Waals surface area contributed by atoms with E-state index in [1.54, 1.807) is 4.90 Å². The maximum atomic E-state index is 9.01. The summed E-state index contributed by atoms with van der Waals surface area (Å²) < 4.78 is 5.45. The lowest BCUT2D eigenvalue weighted by molar-refractivity contribution is 0.266. The first kappa shape index (κ1) is 12.9. The SMILES string of the molecule is CC(C)NCc1nnc(N(C)C(C)CO)o1. The van der Waals surface area contributed by atoms with Crippen LogP contribution in [0.25, 0.3) is 0 Å². The van der Waals surface area contributed by atoms with Crippen molar-refractivity contribution in [2.45, 2.75) is 39.4 Å². The minimum absolute atomic E-state index is 0.0358. The van der Waals surface area contributed by atoms with Gasteiger partial charge in [0.15, 0.2) is 0 Å². The van der Waals surface area contributed by atoms with E-state index in [4.69, 9.17) is 9.52 Å². The van der Waals surface area contributed by atoms with E-state index >= 15 is 0 Å². The molecule has 1 aromatic heterocycles. The quantitative estimate of drug-likeness (QED) is 0.733. The van der Waals surface area contributed by atoms with Gasteiger partial charge in [-0.25, -0.2) is 0 Å². The van der Waals surface area contributed by atoms with Crippen LogP contribution in [0.5, 0.6) is 0 Å². The third-order valence-electron chi connectivity index (χ3n) is 2.34. The van der Waals surface area contributed by atoms with Crippen LogP contribution in [0, 0.1) is 0 Å². The summed E-state index contributed by atoms with van der Waals surface area (Å²) in [5.41, 5.74) is 0. The molecule has 0 saturated carbocycles. The Kier molecular flexibility index (Phi) is 4.70. The van der Waals surface area contributed by atoms with Crippen LogP contribution in [0.1, 0.15) is 26.7 Å². The number of hydrogen-bond donors (Lipinski definition) is 2. The summed E-state index contributed by atoms with van der Waals surface area (Å²) in [5, 5.41) is 20.0. The average Bonchev–Trinajstić information content (AvgIpc) is 2.72. The van der Waals surface area contributed by atoms with Gasteiger partial charge in [-0.1, -0.05) is 18.9 Å². The molecule has 1 unspecified atom stereocenters. The molecule has 0 amide bonds. The van der Waals surface area contributed by atoms with Gasteiger partial charge in [-0.2, -0.15) is 0 Å². The number of nitrogens with one attached hydrogen (secondary N) is 1. The molecule has 0 aliphatic rings. The van der Waals surface area contributed by atoms with Crippen LogP contribution in [0.2, 0.25) is 0 Å². The molecular weight excluding hydrogens is 208 g/mol. The molecule has 0 saturated heterocycles. The van der Waals surface area contributed by atoms with Gasteiger partial charge in [-0.3, -0.25) is 0 Å². The Morgan fingerprint density at radius 1 is 1.38 bits per heavy atom. The fraction of sp³-hybridized carbons (Fsp3) is 0.800. The molecule has 16 heavy (non-hydrogen) atoms. The van der Waals surface area contributed by atoms with Gasteiger partial charge in [-0.15, -0.1) is 5.10 Å². The number of aliphatic hydroxyl groups excluding tert-OH is 1. The molecule has 6 nitrogen and oxygen atoms in total. The van der Waals surface area contributed by atoms with Crippen molar-refractivity contribution in [3.8, 4) is 0 Å². The molecule has 0 bridgehead atoms. The number of aromatic nitrogens is 2.